The Bertz CT molecular complexity index is 957. The molecule has 0 heterocycles. The lowest BCUT2D eigenvalue weighted by Crippen LogP contribution is -2.53. The van der Waals surface area contributed by atoms with Crippen LogP contribution in [0.3, 0.4) is 0 Å². The maximum atomic E-state index is 12.5. The first-order valence-electron chi connectivity index (χ1n) is 23.2. The summed E-state index contributed by atoms with van der Waals surface area (Å²) in [7, 11) is 0. The molecular formula is C49H89NO5. The van der Waals surface area contributed by atoms with Crippen LogP contribution in [0.4, 0.5) is 0 Å². The third-order valence-electron chi connectivity index (χ3n) is 10.4. The number of aliphatic hydroxyl groups excluding tert-OH is 4. The molecule has 0 rings (SSSR count). The lowest BCUT2D eigenvalue weighted by Gasteiger charge is -2.27. The van der Waals surface area contributed by atoms with Crippen LogP contribution in [0.1, 0.15) is 213 Å². The van der Waals surface area contributed by atoms with Gasteiger partial charge in [0.05, 0.1) is 18.8 Å². The lowest BCUT2D eigenvalue weighted by atomic mass is 10.00. The first kappa shape index (κ1) is 53.0. The van der Waals surface area contributed by atoms with Crippen LogP contribution in [0.25, 0.3) is 0 Å². The monoisotopic (exact) mass is 772 g/mol. The number of carbonyl (C=O) groups excluding carboxylic acids is 1. The average molecular weight is 772 g/mol. The van der Waals surface area contributed by atoms with Crippen molar-refractivity contribution in [2.75, 3.05) is 6.61 Å². The number of aliphatic hydroxyl groups is 4. The summed E-state index contributed by atoms with van der Waals surface area (Å²) in [5.41, 5.74) is 0. The Morgan fingerprint density at radius 2 is 0.818 bits per heavy atom. The first-order valence-corrected chi connectivity index (χ1v) is 23.2. The second-order valence-corrected chi connectivity index (χ2v) is 15.7. The molecule has 0 saturated carbocycles. The Hall–Kier alpha value is -1.99. The van der Waals surface area contributed by atoms with E-state index in [4.69, 9.17) is 0 Å². The normalized spacial score (nSPS) is 14.7. The number of carbonyl (C=O) groups is 1. The zero-order valence-electron chi connectivity index (χ0n) is 35.9. The van der Waals surface area contributed by atoms with Crippen LogP contribution in [0.15, 0.2) is 60.8 Å². The summed E-state index contributed by atoms with van der Waals surface area (Å²) < 4.78 is 0. The van der Waals surface area contributed by atoms with Crippen molar-refractivity contribution in [1.29, 1.82) is 0 Å². The second-order valence-electron chi connectivity index (χ2n) is 15.7. The predicted octanol–water partition coefficient (Wildman–Crippen LogP) is 12.5. The lowest BCUT2D eigenvalue weighted by molar-refractivity contribution is -0.132. The van der Waals surface area contributed by atoms with Crippen LogP contribution in [0.5, 0.6) is 0 Å². The number of unbranched alkanes of at least 4 members (excludes halogenated alkanes) is 22. The minimum atomic E-state index is -1.30. The smallest absolute Gasteiger partial charge is 0.249 e. The van der Waals surface area contributed by atoms with Gasteiger partial charge in [-0.1, -0.05) is 177 Å². The zero-order valence-corrected chi connectivity index (χ0v) is 35.9. The summed E-state index contributed by atoms with van der Waals surface area (Å²) in [5.74, 6) is -0.610. The number of allylic oxidation sites excluding steroid dienone is 10. The fourth-order valence-electron chi connectivity index (χ4n) is 6.70. The van der Waals surface area contributed by atoms with E-state index in [9.17, 15) is 25.2 Å². The van der Waals surface area contributed by atoms with E-state index < -0.39 is 36.9 Å². The molecule has 0 fully saturated rings. The second kappa shape index (κ2) is 43.1. The van der Waals surface area contributed by atoms with Crippen LogP contribution < -0.4 is 5.32 Å². The van der Waals surface area contributed by atoms with Gasteiger partial charge in [0.15, 0.2) is 0 Å². The largest absolute Gasteiger partial charge is 0.394 e. The summed E-state index contributed by atoms with van der Waals surface area (Å²) in [6.45, 7) is 4.01. The highest BCUT2D eigenvalue weighted by molar-refractivity contribution is 5.80. The summed E-state index contributed by atoms with van der Waals surface area (Å²) in [6.07, 6.45) is 53.9. The topological polar surface area (TPSA) is 110 Å². The third-order valence-corrected chi connectivity index (χ3v) is 10.4. The molecule has 0 aliphatic carbocycles. The van der Waals surface area contributed by atoms with Gasteiger partial charge in [0, 0.05) is 0 Å². The molecule has 320 valence electrons. The summed E-state index contributed by atoms with van der Waals surface area (Å²) in [5, 5.41) is 43.7. The number of amides is 1. The number of hydrogen-bond donors (Lipinski definition) is 5. The van der Waals surface area contributed by atoms with E-state index in [1.54, 1.807) is 0 Å². The highest BCUT2D eigenvalue weighted by Gasteiger charge is 2.28. The molecule has 5 N–H and O–H groups in total. The van der Waals surface area contributed by atoms with E-state index in [-0.39, 0.29) is 0 Å². The van der Waals surface area contributed by atoms with Gasteiger partial charge in [0.2, 0.25) is 5.91 Å². The van der Waals surface area contributed by atoms with Crippen LogP contribution in [-0.2, 0) is 4.79 Å². The Morgan fingerprint density at radius 1 is 0.455 bits per heavy atom. The van der Waals surface area contributed by atoms with Gasteiger partial charge in [-0.25, -0.2) is 0 Å². The molecule has 6 heteroatoms. The van der Waals surface area contributed by atoms with Crippen molar-refractivity contribution in [2.24, 2.45) is 0 Å². The van der Waals surface area contributed by atoms with Crippen molar-refractivity contribution in [3.8, 4) is 0 Å². The fourth-order valence-corrected chi connectivity index (χ4v) is 6.70. The van der Waals surface area contributed by atoms with Crippen molar-refractivity contribution in [1.82, 2.24) is 5.32 Å². The van der Waals surface area contributed by atoms with Crippen molar-refractivity contribution in [2.45, 2.75) is 237 Å². The molecular weight excluding hydrogens is 683 g/mol. The molecule has 4 unspecified atom stereocenters. The van der Waals surface area contributed by atoms with Gasteiger partial charge < -0.3 is 25.7 Å². The number of nitrogens with one attached hydrogen (secondary N) is 1. The summed E-state index contributed by atoms with van der Waals surface area (Å²) in [6, 6.07) is -1.02. The molecule has 0 aromatic heterocycles. The van der Waals surface area contributed by atoms with Gasteiger partial charge in [-0.05, 0) is 96.3 Å². The van der Waals surface area contributed by atoms with Gasteiger partial charge >= 0.3 is 0 Å². The van der Waals surface area contributed by atoms with Crippen LogP contribution in [-0.4, -0.2) is 57.3 Å². The first-order chi connectivity index (χ1) is 27.0. The molecule has 6 nitrogen and oxygen atoms in total. The molecule has 0 radical (unpaired) electrons. The standard InChI is InChI=1S/C49H89NO5/c1-3-5-7-9-11-13-15-17-19-21-22-23-24-25-27-29-31-33-35-37-39-41-43-47(53)49(55)50-45(44-51)48(54)46(52)42-40-38-36-34-32-30-28-26-20-18-16-14-12-10-8-6-4-2/h14,16,22-23,25-28,34,36,45-48,51-54H,3-13,15,17-21,24,29-33,35,37-44H2,1-2H3,(H,50,55)/b16-14+,23-22-,27-25-,28-26+,36-34+. The minimum absolute atomic E-state index is 0.344. The molecule has 4 atom stereocenters. The molecule has 0 aromatic carbocycles. The van der Waals surface area contributed by atoms with Gasteiger partial charge in [0.1, 0.15) is 12.2 Å². The third kappa shape index (κ3) is 37.4. The molecule has 0 aliphatic heterocycles. The summed E-state index contributed by atoms with van der Waals surface area (Å²) in [4.78, 5) is 12.5. The van der Waals surface area contributed by atoms with Gasteiger partial charge in [-0.3, -0.25) is 4.79 Å². The van der Waals surface area contributed by atoms with Gasteiger partial charge in [0.25, 0.3) is 0 Å². The number of hydrogen-bond acceptors (Lipinski definition) is 5. The van der Waals surface area contributed by atoms with Crippen molar-refractivity contribution >= 4 is 5.91 Å². The highest BCUT2D eigenvalue weighted by atomic mass is 16.3. The molecule has 0 aromatic rings. The minimum Gasteiger partial charge on any atom is -0.394 e. The Labute approximate surface area is 340 Å². The maximum Gasteiger partial charge on any atom is 0.249 e. The van der Waals surface area contributed by atoms with E-state index in [2.05, 4.69) is 79.9 Å². The van der Waals surface area contributed by atoms with E-state index >= 15 is 0 Å². The van der Waals surface area contributed by atoms with E-state index in [1.165, 1.54) is 109 Å². The fraction of sp³-hybridized carbons (Fsp3) is 0.776. The zero-order chi connectivity index (χ0) is 40.3. The van der Waals surface area contributed by atoms with Crippen molar-refractivity contribution < 1.29 is 25.2 Å². The van der Waals surface area contributed by atoms with Crippen molar-refractivity contribution in [3.05, 3.63) is 60.8 Å². The maximum absolute atomic E-state index is 12.5. The molecule has 0 aliphatic rings. The van der Waals surface area contributed by atoms with E-state index in [0.717, 1.165) is 70.6 Å². The van der Waals surface area contributed by atoms with Crippen LogP contribution in [0.2, 0.25) is 0 Å². The molecule has 1 amide bonds. The quantitative estimate of drug-likeness (QED) is 0.0314. The van der Waals surface area contributed by atoms with Crippen LogP contribution >= 0.6 is 0 Å². The highest BCUT2D eigenvalue weighted by Crippen LogP contribution is 2.14. The van der Waals surface area contributed by atoms with Gasteiger partial charge in [-0.15, -0.1) is 0 Å². The Balaban J connectivity index is 3.83. The van der Waals surface area contributed by atoms with E-state index in [0.29, 0.717) is 19.3 Å². The van der Waals surface area contributed by atoms with Gasteiger partial charge in [-0.2, -0.15) is 0 Å². The molecule has 55 heavy (non-hydrogen) atoms. The Kier molecular flexibility index (Phi) is 41.6. The Morgan fingerprint density at radius 3 is 1.27 bits per heavy atom. The molecule has 0 spiro atoms. The average Bonchev–Trinajstić information content (AvgIpc) is 3.19. The number of rotatable bonds is 41. The van der Waals surface area contributed by atoms with Crippen LogP contribution in [0, 0.1) is 0 Å². The van der Waals surface area contributed by atoms with E-state index in [1.807, 2.05) is 0 Å². The molecule has 0 saturated heterocycles. The molecule has 0 bridgehead atoms. The predicted molar refractivity (Wildman–Crippen MR) is 237 cm³/mol. The van der Waals surface area contributed by atoms with Crippen molar-refractivity contribution in [3.63, 3.8) is 0 Å². The SMILES string of the molecule is CCCCCC/C=C/CC/C=C/CC/C=C/CCCC(O)C(O)C(CO)NC(=O)C(O)CCCCCCCC/C=C\C/C=C\CCCCCCCCCCC. The summed E-state index contributed by atoms with van der Waals surface area (Å²) >= 11 is 0.